The average Bonchev–Trinajstić information content (AvgIpc) is 2.54. The molecular weight excluding hydrogens is 286 g/mol. The molecule has 0 radical (unpaired) electrons. The number of rotatable bonds is 5. The largest absolute Gasteiger partial charge is 0.486 e. The smallest absolute Gasteiger partial charge is 0.162 e. The fourth-order valence-corrected chi connectivity index (χ4v) is 3.90. The van der Waals surface area contributed by atoms with Crippen LogP contribution in [0.5, 0.6) is 11.5 Å². The molecule has 2 atom stereocenters. The summed E-state index contributed by atoms with van der Waals surface area (Å²) in [4.78, 5) is 1.22. The van der Waals surface area contributed by atoms with Crippen LogP contribution in [0, 0.1) is 0 Å². The van der Waals surface area contributed by atoms with Crippen LogP contribution in [0.1, 0.15) is 19.8 Å². The molecule has 2 aliphatic rings. The maximum absolute atomic E-state index is 5.66. The highest BCUT2D eigenvalue weighted by Gasteiger charge is 2.26. The Hall–Kier alpha value is -0.910. The van der Waals surface area contributed by atoms with Crippen molar-refractivity contribution in [2.75, 3.05) is 33.0 Å². The highest BCUT2D eigenvalue weighted by molar-refractivity contribution is 8.00. The van der Waals surface area contributed by atoms with Crippen molar-refractivity contribution in [3.05, 3.63) is 18.2 Å². The van der Waals surface area contributed by atoms with Gasteiger partial charge in [-0.3, -0.25) is 0 Å². The summed E-state index contributed by atoms with van der Waals surface area (Å²) in [5, 5.41) is 4.10. The monoisotopic (exact) mass is 309 g/mol. The highest BCUT2D eigenvalue weighted by Crippen LogP contribution is 2.37. The number of thioether (sulfide) groups is 1. The lowest BCUT2D eigenvalue weighted by molar-refractivity contribution is 0.0833. The molecular formula is C16H23NO3S. The molecule has 2 heterocycles. The molecule has 1 saturated heterocycles. The number of benzene rings is 1. The summed E-state index contributed by atoms with van der Waals surface area (Å²) >= 11 is 1.87. The van der Waals surface area contributed by atoms with Gasteiger partial charge in [0.25, 0.3) is 0 Å². The zero-order valence-corrected chi connectivity index (χ0v) is 13.3. The predicted octanol–water partition coefficient (Wildman–Crippen LogP) is 2.71. The second kappa shape index (κ2) is 7.38. The van der Waals surface area contributed by atoms with Gasteiger partial charge in [0.2, 0.25) is 0 Å². The Morgan fingerprint density at radius 3 is 2.90 bits per heavy atom. The van der Waals surface area contributed by atoms with E-state index in [2.05, 4.69) is 24.4 Å². The minimum atomic E-state index is 0.452. The van der Waals surface area contributed by atoms with E-state index in [1.165, 1.54) is 11.3 Å². The van der Waals surface area contributed by atoms with Crippen LogP contribution in [0.25, 0.3) is 0 Å². The molecule has 4 nitrogen and oxygen atoms in total. The quantitative estimate of drug-likeness (QED) is 0.905. The lowest BCUT2D eigenvalue weighted by Crippen LogP contribution is -2.45. The van der Waals surface area contributed by atoms with Gasteiger partial charge in [-0.15, -0.1) is 11.8 Å². The minimum Gasteiger partial charge on any atom is -0.486 e. The van der Waals surface area contributed by atoms with E-state index in [-0.39, 0.29) is 0 Å². The number of fused-ring (bicyclic) bond motifs is 1. The van der Waals surface area contributed by atoms with E-state index in [9.17, 15) is 0 Å². The average molecular weight is 309 g/mol. The van der Waals surface area contributed by atoms with Crippen LogP contribution < -0.4 is 14.8 Å². The molecule has 0 amide bonds. The number of nitrogens with one attached hydrogen (secondary N) is 1. The zero-order chi connectivity index (χ0) is 14.5. The van der Waals surface area contributed by atoms with Gasteiger partial charge in [0.15, 0.2) is 11.5 Å². The van der Waals surface area contributed by atoms with Crippen molar-refractivity contribution in [3.8, 4) is 11.5 Å². The maximum Gasteiger partial charge on any atom is 0.162 e. The van der Waals surface area contributed by atoms with E-state index in [1.54, 1.807) is 0 Å². The van der Waals surface area contributed by atoms with Gasteiger partial charge < -0.3 is 19.5 Å². The van der Waals surface area contributed by atoms with Gasteiger partial charge in [-0.25, -0.2) is 0 Å². The summed E-state index contributed by atoms with van der Waals surface area (Å²) in [5.41, 5.74) is 0. The third kappa shape index (κ3) is 3.84. The number of ether oxygens (including phenoxy) is 3. The van der Waals surface area contributed by atoms with E-state index in [4.69, 9.17) is 14.2 Å². The summed E-state index contributed by atoms with van der Waals surface area (Å²) in [6.45, 7) is 6.21. The molecule has 1 fully saturated rings. The molecule has 1 aromatic carbocycles. The summed E-state index contributed by atoms with van der Waals surface area (Å²) in [6, 6.07) is 6.74. The fourth-order valence-electron chi connectivity index (χ4n) is 2.66. The van der Waals surface area contributed by atoms with E-state index in [1.807, 2.05) is 17.8 Å². The van der Waals surface area contributed by atoms with Crippen molar-refractivity contribution in [1.82, 2.24) is 5.32 Å². The zero-order valence-electron chi connectivity index (χ0n) is 12.5. The van der Waals surface area contributed by atoms with Gasteiger partial charge in [0, 0.05) is 22.8 Å². The first kappa shape index (κ1) is 15.0. The molecule has 0 aromatic heterocycles. The third-order valence-corrected chi connectivity index (χ3v) is 5.06. The first-order valence-corrected chi connectivity index (χ1v) is 8.62. The summed E-state index contributed by atoms with van der Waals surface area (Å²) in [7, 11) is 0. The van der Waals surface area contributed by atoms with Crippen molar-refractivity contribution in [2.45, 2.75) is 36.0 Å². The molecule has 1 aromatic rings. The van der Waals surface area contributed by atoms with Crippen LogP contribution in [0.2, 0.25) is 0 Å². The Morgan fingerprint density at radius 1 is 1.19 bits per heavy atom. The molecule has 0 bridgehead atoms. The Morgan fingerprint density at radius 2 is 2.05 bits per heavy atom. The maximum atomic E-state index is 5.66. The topological polar surface area (TPSA) is 39.7 Å². The molecule has 3 rings (SSSR count). The first-order chi connectivity index (χ1) is 10.4. The molecule has 21 heavy (non-hydrogen) atoms. The summed E-state index contributed by atoms with van der Waals surface area (Å²) in [6.07, 6.45) is 2.25. The fraction of sp³-hybridized carbons (Fsp3) is 0.625. The normalized spacial score (nSPS) is 24.8. The van der Waals surface area contributed by atoms with Gasteiger partial charge in [-0.2, -0.15) is 0 Å². The van der Waals surface area contributed by atoms with Crippen molar-refractivity contribution >= 4 is 11.8 Å². The van der Waals surface area contributed by atoms with Gasteiger partial charge in [0.05, 0.1) is 6.61 Å². The van der Waals surface area contributed by atoms with Gasteiger partial charge in [-0.05, 0) is 37.6 Å². The van der Waals surface area contributed by atoms with E-state index in [0.29, 0.717) is 24.5 Å². The molecule has 0 aliphatic carbocycles. The molecule has 2 aliphatic heterocycles. The minimum absolute atomic E-state index is 0.452. The Balaban J connectivity index is 1.66. The van der Waals surface area contributed by atoms with Crippen LogP contribution in [0.3, 0.4) is 0 Å². The van der Waals surface area contributed by atoms with Crippen LogP contribution in [-0.4, -0.2) is 44.3 Å². The van der Waals surface area contributed by atoms with Crippen LogP contribution >= 0.6 is 11.8 Å². The molecule has 116 valence electrons. The second-order valence-corrected chi connectivity index (χ2v) is 6.70. The first-order valence-electron chi connectivity index (χ1n) is 7.74. The van der Waals surface area contributed by atoms with Crippen LogP contribution in [-0.2, 0) is 4.74 Å². The lowest BCUT2D eigenvalue weighted by atomic mass is 10.1. The van der Waals surface area contributed by atoms with Crippen molar-refractivity contribution in [2.24, 2.45) is 0 Å². The molecule has 0 saturated carbocycles. The number of hydrogen-bond donors (Lipinski definition) is 1. The summed E-state index contributed by atoms with van der Waals surface area (Å²) < 4.78 is 16.9. The van der Waals surface area contributed by atoms with Crippen molar-refractivity contribution < 1.29 is 14.2 Å². The Bertz CT molecular complexity index is 469. The molecule has 5 heteroatoms. The third-order valence-electron chi connectivity index (χ3n) is 3.76. The summed E-state index contributed by atoms with van der Waals surface area (Å²) in [5.74, 6) is 1.71. The Labute approximate surface area is 130 Å². The molecule has 2 unspecified atom stereocenters. The van der Waals surface area contributed by atoms with Crippen molar-refractivity contribution in [3.63, 3.8) is 0 Å². The van der Waals surface area contributed by atoms with Gasteiger partial charge in [0.1, 0.15) is 13.2 Å². The van der Waals surface area contributed by atoms with Crippen molar-refractivity contribution in [1.29, 1.82) is 0 Å². The van der Waals surface area contributed by atoms with Gasteiger partial charge in [-0.1, -0.05) is 6.92 Å². The van der Waals surface area contributed by atoms with Crippen LogP contribution in [0.4, 0.5) is 0 Å². The standard InChI is InChI=1S/C16H23NO3S/c1-2-6-17-13-5-7-18-11-16(13)21-12-3-4-14-15(10-12)20-9-8-19-14/h3-4,10,13,16-17H,2,5-9,11H2,1H3. The molecule has 0 spiro atoms. The van der Waals surface area contributed by atoms with E-state index >= 15 is 0 Å². The second-order valence-electron chi connectivity index (χ2n) is 5.39. The molecule has 1 N–H and O–H groups in total. The predicted molar refractivity (Wildman–Crippen MR) is 84.6 cm³/mol. The lowest BCUT2D eigenvalue weighted by Gasteiger charge is -2.32. The van der Waals surface area contributed by atoms with Crippen LogP contribution in [0.15, 0.2) is 23.1 Å². The van der Waals surface area contributed by atoms with E-state index < -0.39 is 0 Å². The number of hydrogen-bond acceptors (Lipinski definition) is 5. The van der Waals surface area contributed by atoms with E-state index in [0.717, 1.165) is 37.7 Å². The highest BCUT2D eigenvalue weighted by atomic mass is 32.2. The van der Waals surface area contributed by atoms with Gasteiger partial charge >= 0.3 is 0 Å². The Kier molecular flexibility index (Phi) is 5.27. The SMILES string of the molecule is CCCNC1CCOCC1Sc1ccc2c(c1)OCCO2.